The van der Waals surface area contributed by atoms with Crippen LogP contribution < -0.4 is 0 Å². The fraction of sp³-hybridized carbons (Fsp3) is 0.889. The van der Waals surface area contributed by atoms with Crippen LogP contribution >= 0.6 is 0 Å². The number of nitrogens with zero attached hydrogens (tertiary/aromatic N) is 1. The van der Waals surface area contributed by atoms with Gasteiger partial charge >= 0.3 is 5.97 Å². The van der Waals surface area contributed by atoms with Gasteiger partial charge in [-0.05, 0) is 6.92 Å². The summed E-state index contributed by atoms with van der Waals surface area (Å²) in [5, 5.41) is 0. The third-order valence-corrected chi connectivity index (χ3v) is 1.45. The van der Waals surface area contributed by atoms with Crippen LogP contribution in [-0.2, 0) is 14.3 Å². The number of rotatable bonds is 6. The molecule has 0 unspecified atom stereocenters. The summed E-state index contributed by atoms with van der Waals surface area (Å²) in [7, 11) is 6.16. The molecule has 0 rings (SSSR count). The van der Waals surface area contributed by atoms with Gasteiger partial charge in [-0.3, -0.25) is 0 Å². The second-order valence-corrected chi connectivity index (χ2v) is 3.87. The summed E-state index contributed by atoms with van der Waals surface area (Å²) in [6, 6.07) is 0. The number of likely N-dealkylation sites (N-methyl/N-ethyl adjacent to an activating group) is 1. The van der Waals surface area contributed by atoms with Crippen molar-refractivity contribution in [2.24, 2.45) is 0 Å². The minimum absolute atomic E-state index is 0.0631. The summed E-state index contributed by atoms with van der Waals surface area (Å²) >= 11 is 0. The van der Waals surface area contributed by atoms with Crippen molar-refractivity contribution in [2.45, 2.75) is 6.92 Å². The summed E-state index contributed by atoms with van der Waals surface area (Å²) in [6.07, 6.45) is 0. The van der Waals surface area contributed by atoms with Gasteiger partial charge in [0.15, 0.2) is 0 Å². The van der Waals surface area contributed by atoms with Crippen LogP contribution in [0.1, 0.15) is 6.92 Å². The lowest BCUT2D eigenvalue weighted by molar-refractivity contribution is -0.870. The van der Waals surface area contributed by atoms with Crippen molar-refractivity contribution in [3.63, 3.8) is 0 Å². The van der Waals surface area contributed by atoms with E-state index in [0.29, 0.717) is 13.2 Å². The smallest absolute Gasteiger partial charge is 0.332 e. The van der Waals surface area contributed by atoms with E-state index in [2.05, 4.69) is 21.1 Å². The number of ether oxygens (including phenoxy) is 2. The summed E-state index contributed by atoms with van der Waals surface area (Å²) < 4.78 is 10.6. The Morgan fingerprint density at radius 3 is 2.38 bits per heavy atom. The highest BCUT2D eigenvalue weighted by Crippen LogP contribution is 1.90. The van der Waals surface area contributed by atoms with Crippen molar-refractivity contribution in [3.05, 3.63) is 0 Å². The molecule has 0 spiro atoms. The number of carbonyl (C=O) groups is 1. The minimum Gasteiger partial charge on any atom is -0.458 e. The summed E-state index contributed by atoms with van der Waals surface area (Å²) in [6.45, 7) is 3.73. The van der Waals surface area contributed by atoms with Crippen LogP contribution in [0, 0.1) is 0 Å². The van der Waals surface area contributed by atoms with Gasteiger partial charge in [0.25, 0.3) is 0 Å². The lowest BCUT2D eigenvalue weighted by Gasteiger charge is -2.23. The lowest BCUT2D eigenvalue weighted by atomic mass is 10.5. The van der Waals surface area contributed by atoms with Crippen LogP contribution in [0.2, 0.25) is 0 Å². The van der Waals surface area contributed by atoms with Gasteiger partial charge in [-0.15, -0.1) is 0 Å². The molecule has 13 heavy (non-hydrogen) atoms. The molecule has 0 amide bonds. The molecular weight excluding hydrogens is 170 g/mol. The van der Waals surface area contributed by atoms with Crippen LogP contribution in [0.15, 0.2) is 0 Å². The molecule has 0 aromatic carbocycles. The second-order valence-electron chi connectivity index (χ2n) is 3.87. The molecule has 4 nitrogen and oxygen atoms in total. The van der Waals surface area contributed by atoms with Crippen LogP contribution in [0.4, 0.5) is 0 Å². The van der Waals surface area contributed by atoms with Gasteiger partial charge in [0, 0.05) is 6.61 Å². The molecule has 0 aromatic rings. The molecule has 4 heteroatoms. The Hall–Kier alpha value is -0.610. The molecule has 0 aliphatic carbocycles. The van der Waals surface area contributed by atoms with Crippen LogP contribution in [0.5, 0.6) is 0 Å². The standard InChI is InChI=1S/C9H20NO3/c1-5-12-8-9(11)13-7-6-10(2,3)4/h5-8H2,1-4H3/q+1. The Morgan fingerprint density at radius 2 is 1.92 bits per heavy atom. The van der Waals surface area contributed by atoms with Crippen LogP contribution in [0.25, 0.3) is 0 Å². The molecule has 0 saturated carbocycles. The predicted molar refractivity (Wildman–Crippen MR) is 50.4 cm³/mol. The third kappa shape index (κ3) is 9.30. The van der Waals surface area contributed by atoms with Crippen molar-refractivity contribution in [1.82, 2.24) is 0 Å². The molecule has 78 valence electrons. The summed E-state index contributed by atoms with van der Waals surface area (Å²) in [4.78, 5) is 10.9. The van der Waals surface area contributed by atoms with E-state index in [1.54, 1.807) is 0 Å². The molecule has 0 atom stereocenters. The average Bonchev–Trinajstić information content (AvgIpc) is 1.98. The van der Waals surface area contributed by atoms with Gasteiger partial charge < -0.3 is 14.0 Å². The molecule has 0 saturated heterocycles. The predicted octanol–water partition coefficient (Wildman–Crippen LogP) is 0.272. The Bertz CT molecular complexity index is 151. The number of hydrogen-bond donors (Lipinski definition) is 0. The topological polar surface area (TPSA) is 35.5 Å². The number of esters is 1. The first-order chi connectivity index (χ1) is 5.95. The van der Waals surface area contributed by atoms with Crippen molar-refractivity contribution in [2.75, 3.05) is 47.5 Å². The van der Waals surface area contributed by atoms with Crippen molar-refractivity contribution < 1.29 is 18.8 Å². The number of quaternary nitrogens is 1. The fourth-order valence-electron chi connectivity index (χ4n) is 0.660. The Balaban J connectivity index is 3.37. The highest BCUT2D eigenvalue weighted by molar-refractivity contribution is 5.70. The summed E-state index contributed by atoms with van der Waals surface area (Å²) in [5.74, 6) is -0.282. The van der Waals surface area contributed by atoms with Crippen LogP contribution in [0.3, 0.4) is 0 Å². The maximum Gasteiger partial charge on any atom is 0.332 e. The number of carbonyl (C=O) groups excluding carboxylic acids is 1. The Labute approximate surface area is 80.0 Å². The van der Waals surface area contributed by atoms with Gasteiger partial charge in [-0.25, -0.2) is 4.79 Å². The minimum atomic E-state index is -0.282. The molecule has 0 N–H and O–H groups in total. The molecule has 0 fully saturated rings. The zero-order valence-corrected chi connectivity index (χ0v) is 9.00. The van der Waals surface area contributed by atoms with Crippen molar-refractivity contribution in [3.8, 4) is 0 Å². The highest BCUT2D eigenvalue weighted by atomic mass is 16.6. The van der Waals surface area contributed by atoms with Gasteiger partial charge in [-0.2, -0.15) is 0 Å². The first-order valence-corrected chi connectivity index (χ1v) is 4.49. The van der Waals surface area contributed by atoms with Crippen LogP contribution in [-0.4, -0.2) is 58.0 Å². The number of hydrogen-bond acceptors (Lipinski definition) is 3. The van der Waals surface area contributed by atoms with Gasteiger partial charge in [-0.1, -0.05) is 0 Å². The second kappa shape index (κ2) is 5.94. The van der Waals surface area contributed by atoms with E-state index in [4.69, 9.17) is 9.47 Å². The quantitative estimate of drug-likeness (QED) is 0.445. The Kier molecular flexibility index (Phi) is 5.66. The van der Waals surface area contributed by atoms with E-state index in [1.807, 2.05) is 6.92 Å². The monoisotopic (exact) mass is 190 g/mol. The summed E-state index contributed by atoms with van der Waals surface area (Å²) in [5.41, 5.74) is 0. The zero-order chi connectivity index (χ0) is 10.3. The molecule has 0 heterocycles. The van der Waals surface area contributed by atoms with Crippen molar-refractivity contribution in [1.29, 1.82) is 0 Å². The van der Waals surface area contributed by atoms with E-state index in [0.717, 1.165) is 11.0 Å². The molecular formula is C9H20NO3+. The molecule has 0 aliphatic heterocycles. The highest BCUT2D eigenvalue weighted by Gasteiger charge is 2.08. The third-order valence-electron chi connectivity index (χ3n) is 1.45. The largest absolute Gasteiger partial charge is 0.458 e. The van der Waals surface area contributed by atoms with Gasteiger partial charge in [0.05, 0.1) is 21.1 Å². The van der Waals surface area contributed by atoms with E-state index >= 15 is 0 Å². The molecule has 0 aromatic heterocycles. The van der Waals surface area contributed by atoms with E-state index in [-0.39, 0.29) is 12.6 Å². The average molecular weight is 190 g/mol. The van der Waals surface area contributed by atoms with E-state index in [9.17, 15) is 4.79 Å². The maximum absolute atomic E-state index is 10.9. The van der Waals surface area contributed by atoms with E-state index < -0.39 is 0 Å². The SMILES string of the molecule is CCOCC(=O)OCC[N+](C)(C)C. The molecule has 0 radical (unpaired) electrons. The van der Waals surface area contributed by atoms with Gasteiger partial charge in [0.2, 0.25) is 0 Å². The maximum atomic E-state index is 10.9. The van der Waals surface area contributed by atoms with Crippen molar-refractivity contribution >= 4 is 5.97 Å². The Morgan fingerprint density at radius 1 is 1.31 bits per heavy atom. The first kappa shape index (κ1) is 12.4. The first-order valence-electron chi connectivity index (χ1n) is 4.49. The zero-order valence-electron chi connectivity index (χ0n) is 9.00. The normalized spacial score (nSPS) is 11.4. The lowest BCUT2D eigenvalue weighted by Crippen LogP contribution is -2.38. The fourth-order valence-corrected chi connectivity index (χ4v) is 0.660. The molecule has 0 bridgehead atoms. The van der Waals surface area contributed by atoms with E-state index in [1.165, 1.54) is 0 Å². The molecule has 0 aliphatic rings. The van der Waals surface area contributed by atoms with Gasteiger partial charge in [0.1, 0.15) is 19.8 Å².